The predicted octanol–water partition coefficient (Wildman–Crippen LogP) is 0.106. The molecule has 0 aliphatic rings. The average molecular weight is 232 g/mol. The Labute approximate surface area is 83.5 Å². The topological polar surface area (TPSA) is 78.3 Å². The Bertz CT molecular complexity index is 213. The Morgan fingerprint density at radius 3 is 2.33 bits per heavy atom. The Balaban J connectivity index is 3.67. The molecule has 15 heavy (non-hydrogen) atoms. The fourth-order valence-corrected chi connectivity index (χ4v) is 0.624. The molecule has 0 bridgehead atoms. The molecule has 0 heterocycles. The number of halogens is 4. The van der Waals surface area contributed by atoms with Crippen LogP contribution < -0.4 is 11.5 Å². The van der Waals surface area contributed by atoms with E-state index in [0.717, 1.165) is 0 Å². The monoisotopic (exact) mass is 232 g/mol. The first-order valence-electron chi connectivity index (χ1n) is 4.06. The maximum Gasteiger partial charge on any atom is 0.330 e. The molecule has 0 aromatic carbocycles. The molecule has 0 rings (SSSR count). The summed E-state index contributed by atoms with van der Waals surface area (Å²) in [5, 5.41) is 0. The van der Waals surface area contributed by atoms with Crippen molar-refractivity contribution in [2.75, 3.05) is 13.2 Å². The van der Waals surface area contributed by atoms with Gasteiger partial charge in [-0.1, -0.05) is 0 Å². The standard InChI is InChI=1S/C7H12F4N2O2/c8-6(9)7(10,11)3-15-2-1-4(12)5(13)14/h4,6H,1-3,12H2,(H2,13,14). The lowest BCUT2D eigenvalue weighted by molar-refractivity contribution is -0.166. The van der Waals surface area contributed by atoms with Crippen LogP contribution in [-0.4, -0.2) is 37.5 Å². The minimum Gasteiger partial charge on any atom is -0.375 e. The van der Waals surface area contributed by atoms with Crippen LogP contribution in [0.3, 0.4) is 0 Å². The van der Waals surface area contributed by atoms with Crippen molar-refractivity contribution in [2.45, 2.75) is 24.8 Å². The second-order valence-electron chi connectivity index (χ2n) is 2.91. The zero-order valence-electron chi connectivity index (χ0n) is 7.76. The molecule has 0 aromatic heterocycles. The number of carbonyl (C=O) groups excluding carboxylic acids is 1. The molecule has 1 atom stereocenters. The van der Waals surface area contributed by atoms with Gasteiger partial charge in [0.25, 0.3) is 0 Å². The summed E-state index contributed by atoms with van der Waals surface area (Å²) in [7, 11) is 0. The maximum atomic E-state index is 12.2. The highest BCUT2D eigenvalue weighted by Crippen LogP contribution is 2.22. The average Bonchev–Trinajstić information content (AvgIpc) is 2.11. The summed E-state index contributed by atoms with van der Waals surface area (Å²) in [6.45, 7) is -1.73. The summed E-state index contributed by atoms with van der Waals surface area (Å²) in [4.78, 5) is 10.4. The number of primary amides is 1. The van der Waals surface area contributed by atoms with E-state index in [0.29, 0.717) is 0 Å². The highest BCUT2D eigenvalue weighted by atomic mass is 19.3. The summed E-state index contributed by atoms with van der Waals surface area (Å²) in [6.07, 6.45) is -3.86. The van der Waals surface area contributed by atoms with Gasteiger partial charge in [0.15, 0.2) is 0 Å². The number of carbonyl (C=O) groups is 1. The lowest BCUT2D eigenvalue weighted by atomic mass is 10.2. The first-order valence-corrected chi connectivity index (χ1v) is 4.06. The third-order valence-corrected chi connectivity index (χ3v) is 1.55. The fraction of sp³-hybridized carbons (Fsp3) is 0.857. The van der Waals surface area contributed by atoms with Gasteiger partial charge in [-0.2, -0.15) is 8.78 Å². The van der Waals surface area contributed by atoms with Crippen LogP contribution in [0.1, 0.15) is 6.42 Å². The highest BCUT2D eigenvalue weighted by Gasteiger charge is 2.40. The van der Waals surface area contributed by atoms with Gasteiger partial charge in [-0.15, -0.1) is 0 Å². The fourth-order valence-electron chi connectivity index (χ4n) is 0.624. The molecular weight excluding hydrogens is 220 g/mol. The van der Waals surface area contributed by atoms with Gasteiger partial charge in [0.2, 0.25) is 5.91 Å². The molecule has 0 aromatic rings. The smallest absolute Gasteiger partial charge is 0.330 e. The third-order valence-electron chi connectivity index (χ3n) is 1.55. The summed E-state index contributed by atoms with van der Waals surface area (Å²) in [6, 6.07) is -1.02. The van der Waals surface area contributed by atoms with E-state index in [1.54, 1.807) is 0 Å². The zero-order chi connectivity index (χ0) is 12.1. The van der Waals surface area contributed by atoms with E-state index >= 15 is 0 Å². The van der Waals surface area contributed by atoms with E-state index in [1.165, 1.54) is 0 Å². The Morgan fingerprint density at radius 1 is 1.40 bits per heavy atom. The van der Waals surface area contributed by atoms with Crippen LogP contribution in [0.2, 0.25) is 0 Å². The van der Waals surface area contributed by atoms with Gasteiger partial charge in [0.05, 0.1) is 6.04 Å². The number of ether oxygens (including phenoxy) is 1. The molecule has 0 radical (unpaired) electrons. The van der Waals surface area contributed by atoms with Gasteiger partial charge in [-0.3, -0.25) is 4.79 Å². The van der Waals surface area contributed by atoms with Crippen molar-refractivity contribution in [3.63, 3.8) is 0 Å². The van der Waals surface area contributed by atoms with Crippen LogP contribution in [0.25, 0.3) is 0 Å². The van der Waals surface area contributed by atoms with Crippen molar-refractivity contribution >= 4 is 5.91 Å². The Kier molecular flexibility index (Phi) is 5.51. The molecule has 1 unspecified atom stereocenters. The first-order chi connectivity index (χ1) is 6.77. The number of nitrogens with two attached hydrogens (primary N) is 2. The van der Waals surface area contributed by atoms with Crippen molar-refractivity contribution in [1.82, 2.24) is 0 Å². The molecule has 8 heteroatoms. The minimum absolute atomic E-state index is 0.0886. The normalized spacial score (nSPS) is 14.3. The van der Waals surface area contributed by atoms with Crippen molar-refractivity contribution < 1.29 is 27.1 Å². The number of hydrogen-bond acceptors (Lipinski definition) is 3. The minimum atomic E-state index is -4.18. The van der Waals surface area contributed by atoms with E-state index in [2.05, 4.69) is 4.74 Å². The summed E-state index contributed by atoms with van der Waals surface area (Å²) in [5.74, 6) is -4.99. The largest absolute Gasteiger partial charge is 0.375 e. The quantitative estimate of drug-likeness (QED) is 0.483. The van der Waals surface area contributed by atoms with E-state index in [1.807, 2.05) is 0 Å². The van der Waals surface area contributed by atoms with E-state index in [9.17, 15) is 22.4 Å². The first kappa shape index (κ1) is 14.1. The lowest BCUT2D eigenvalue weighted by Gasteiger charge is -2.15. The molecule has 1 amide bonds. The van der Waals surface area contributed by atoms with Crippen LogP contribution >= 0.6 is 0 Å². The molecule has 4 nitrogen and oxygen atoms in total. The van der Waals surface area contributed by atoms with Crippen LogP contribution in [0.5, 0.6) is 0 Å². The molecule has 0 aliphatic heterocycles. The second kappa shape index (κ2) is 5.86. The van der Waals surface area contributed by atoms with Crippen molar-refractivity contribution in [3.8, 4) is 0 Å². The van der Waals surface area contributed by atoms with Gasteiger partial charge in [0, 0.05) is 6.61 Å². The van der Waals surface area contributed by atoms with Crippen molar-refractivity contribution in [3.05, 3.63) is 0 Å². The van der Waals surface area contributed by atoms with Gasteiger partial charge in [0.1, 0.15) is 6.61 Å². The number of hydrogen-bond donors (Lipinski definition) is 2. The number of amides is 1. The molecule has 4 N–H and O–H groups in total. The Hall–Kier alpha value is -0.890. The molecule has 0 fully saturated rings. The van der Waals surface area contributed by atoms with Crippen LogP contribution in [0.4, 0.5) is 17.6 Å². The third kappa shape index (κ3) is 5.53. The summed E-state index contributed by atoms with van der Waals surface area (Å²) < 4.78 is 51.9. The number of rotatable bonds is 7. The molecule has 0 saturated carbocycles. The van der Waals surface area contributed by atoms with Gasteiger partial charge in [-0.05, 0) is 6.42 Å². The molecule has 90 valence electrons. The van der Waals surface area contributed by atoms with Crippen molar-refractivity contribution in [1.29, 1.82) is 0 Å². The van der Waals surface area contributed by atoms with E-state index < -0.39 is 30.9 Å². The SMILES string of the molecule is NC(=O)C(N)CCOCC(F)(F)C(F)F. The van der Waals surface area contributed by atoms with Crippen LogP contribution in [0.15, 0.2) is 0 Å². The van der Waals surface area contributed by atoms with Gasteiger partial charge in [-0.25, -0.2) is 8.78 Å². The predicted molar refractivity (Wildman–Crippen MR) is 43.6 cm³/mol. The molecule has 0 spiro atoms. The second-order valence-corrected chi connectivity index (χ2v) is 2.91. The Morgan fingerprint density at radius 2 is 1.93 bits per heavy atom. The van der Waals surface area contributed by atoms with E-state index in [-0.39, 0.29) is 13.0 Å². The number of alkyl halides is 4. The molecular formula is C7H12F4N2O2. The van der Waals surface area contributed by atoms with Gasteiger partial charge < -0.3 is 16.2 Å². The lowest BCUT2D eigenvalue weighted by Crippen LogP contribution is -2.38. The van der Waals surface area contributed by atoms with Crippen LogP contribution in [0, 0.1) is 0 Å². The maximum absolute atomic E-state index is 12.2. The van der Waals surface area contributed by atoms with Gasteiger partial charge >= 0.3 is 12.3 Å². The molecule has 0 saturated heterocycles. The molecule has 0 aliphatic carbocycles. The zero-order valence-corrected chi connectivity index (χ0v) is 7.76. The van der Waals surface area contributed by atoms with Crippen molar-refractivity contribution in [2.24, 2.45) is 11.5 Å². The highest BCUT2D eigenvalue weighted by molar-refractivity contribution is 5.79. The van der Waals surface area contributed by atoms with E-state index in [4.69, 9.17) is 11.5 Å². The summed E-state index contributed by atoms with van der Waals surface area (Å²) >= 11 is 0. The van der Waals surface area contributed by atoms with Crippen LogP contribution in [-0.2, 0) is 9.53 Å². The summed E-state index contributed by atoms with van der Waals surface area (Å²) in [5.41, 5.74) is 9.90.